The molecule has 2 aromatic rings. The van der Waals surface area contributed by atoms with Crippen molar-refractivity contribution < 1.29 is 13.2 Å². The summed E-state index contributed by atoms with van der Waals surface area (Å²) in [5, 5.41) is 0. The SMILES string of the molecule is CCCCOc1cc(CN(C)C)cc(S(=O)(=O)Cl)c1Cc1ccccc1. The van der Waals surface area contributed by atoms with Crippen molar-refractivity contribution in [1.29, 1.82) is 0 Å². The predicted octanol–water partition coefficient (Wildman–Crippen LogP) is 4.45. The van der Waals surface area contributed by atoms with Crippen LogP contribution >= 0.6 is 10.7 Å². The number of ether oxygens (including phenoxy) is 1. The van der Waals surface area contributed by atoms with E-state index in [1.807, 2.05) is 55.4 Å². The lowest BCUT2D eigenvalue weighted by molar-refractivity contribution is 0.304. The molecule has 0 heterocycles. The third kappa shape index (κ3) is 6.01. The molecule has 4 nitrogen and oxygen atoms in total. The molecule has 0 fully saturated rings. The van der Waals surface area contributed by atoms with Crippen molar-refractivity contribution in [2.75, 3.05) is 20.7 Å². The van der Waals surface area contributed by atoms with Gasteiger partial charge in [0.25, 0.3) is 9.05 Å². The Kier molecular flexibility index (Phi) is 7.50. The van der Waals surface area contributed by atoms with Crippen LogP contribution in [0.4, 0.5) is 0 Å². The minimum Gasteiger partial charge on any atom is -0.493 e. The molecule has 0 aliphatic heterocycles. The van der Waals surface area contributed by atoms with E-state index in [1.165, 1.54) is 0 Å². The van der Waals surface area contributed by atoms with Gasteiger partial charge < -0.3 is 9.64 Å². The van der Waals surface area contributed by atoms with Gasteiger partial charge in [-0.3, -0.25) is 0 Å². The van der Waals surface area contributed by atoms with Gasteiger partial charge in [0.15, 0.2) is 0 Å². The summed E-state index contributed by atoms with van der Waals surface area (Å²) in [6.07, 6.45) is 2.36. The molecule has 0 radical (unpaired) electrons. The van der Waals surface area contributed by atoms with Crippen molar-refractivity contribution in [2.45, 2.75) is 37.6 Å². The lowest BCUT2D eigenvalue weighted by atomic mass is 10.0. The zero-order valence-corrected chi connectivity index (χ0v) is 17.1. The zero-order chi connectivity index (χ0) is 19.2. The summed E-state index contributed by atoms with van der Waals surface area (Å²) < 4.78 is 30.5. The van der Waals surface area contributed by atoms with Crippen LogP contribution in [0.2, 0.25) is 0 Å². The maximum atomic E-state index is 12.3. The second kappa shape index (κ2) is 9.40. The molecule has 0 N–H and O–H groups in total. The highest BCUT2D eigenvalue weighted by atomic mass is 35.7. The van der Waals surface area contributed by atoms with E-state index in [9.17, 15) is 8.42 Å². The number of rotatable bonds is 9. The van der Waals surface area contributed by atoms with Gasteiger partial charge in [-0.25, -0.2) is 8.42 Å². The highest BCUT2D eigenvalue weighted by molar-refractivity contribution is 8.13. The Morgan fingerprint density at radius 1 is 1.08 bits per heavy atom. The molecular formula is C20H26ClNO3S. The van der Waals surface area contributed by atoms with Crippen LogP contribution in [0.15, 0.2) is 47.4 Å². The molecule has 0 aliphatic rings. The molecule has 142 valence electrons. The first-order valence-corrected chi connectivity index (χ1v) is 11.0. The van der Waals surface area contributed by atoms with Gasteiger partial charge in [-0.15, -0.1) is 0 Å². The number of hydrogen-bond donors (Lipinski definition) is 0. The lowest BCUT2D eigenvalue weighted by Crippen LogP contribution is -2.13. The van der Waals surface area contributed by atoms with Gasteiger partial charge in [0, 0.05) is 29.2 Å². The molecular weight excluding hydrogens is 370 g/mol. The third-order valence-electron chi connectivity index (χ3n) is 3.97. The van der Waals surface area contributed by atoms with E-state index in [1.54, 1.807) is 6.07 Å². The molecule has 2 aromatic carbocycles. The van der Waals surface area contributed by atoms with E-state index in [2.05, 4.69) is 6.92 Å². The fraction of sp³-hybridized carbons (Fsp3) is 0.400. The maximum absolute atomic E-state index is 12.3. The van der Waals surface area contributed by atoms with Gasteiger partial charge in [0.05, 0.1) is 11.5 Å². The molecule has 0 aliphatic carbocycles. The molecule has 0 aromatic heterocycles. The van der Waals surface area contributed by atoms with Crippen LogP contribution in [0.1, 0.15) is 36.5 Å². The summed E-state index contributed by atoms with van der Waals surface area (Å²) in [5.41, 5.74) is 2.48. The van der Waals surface area contributed by atoms with Crippen LogP contribution in [-0.2, 0) is 22.0 Å². The highest BCUT2D eigenvalue weighted by Gasteiger charge is 2.22. The topological polar surface area (TPSA) is 46.6 Å². The van der Waals surface area contributed by atoms with Crippen molar-refractivity contribution in [2.24, 2.45) is 0 Å². The van der Waals surface area contributed by atoms with Crippen molar-refractivity contribution in [3.63, 3.8) is 0 Å². The van der Waals surface area contributed by atoms with Crippen LogP contribution < -0.4 is 4.74 Å². The molecule has 6 heteroatoms. The Bertz CT molecular complexity index is 820. The Morgan fingerprint density at radius 3 is 2.35 bits per heavy atom. The molecule has 0 atom stereocenters. The quantitative estimate of drug-likeness (QED) is 0.465. The fourth-order valence-corrected chi connectivity index (χ4v) is 3.95. The zero-order valence-electron chi connectivity index (χ0n) is 15.5. The standard InChI is InChI=1S/C20H26ClNO3S/c1-4-5-11-25-19-13-17(15-22(2)3)14-20(26(21,23)24)18(19)12-16-9-7-6-8-10-16/h6-10,13-14H,4-5,11-12,15H2,1-3H3. The normalized spacial score (nSPS) is 11.7. The van der Waals surface area contributed by atoms with Gasteiger partial charge >= 0.3 is 0 Å². The van der Waals surface area contributed by atoms with Crippen molar-refractivity contribution in [3.8, 4) is 5.75 Å². The largest absolute Gasteiger partial charge is 0.493 e. The van der Waals surface area contributed by atoms with Crippen molar-refractivity contribution in [3.05, 3.63) is 59.2 Å². The van der Waals surface area contributed by atoms with Gasteiger partial charge in [-0.2, -0.15) is 0 Å². The second-order valence-electron chi connectivity index (χ2n) is 6.61. The predicted molar refractivity (Wildman–Crippen MR) is 107 cm³/mol. The lowest BCUT2D eigenvalue weighted by Gasteiger charge is -2.18. The number of unbranched alkanes of at least 4 members (excludes halogenated alkanes) is 1. The second-order valence-corrected chi connectivity index (χ2v) is 9.15. The first kappa shape index (κ1) is 20.7. The van der Waals surface area contributed by atoms with Crippen LogP contribution in [0.3, 0.4) is 0 Å². The number of benzene rings is 2. The molecule has 0 unspecified atom stereocenters. The van der Waals surface area contributed by atoms with E-state index in [0.29, 0.717) is 30.9 Å². The fourth-order valence-electron chi connectivity index (χ4n) is 2.78. The maximum Gasteiger partial charge on any atom is 0.261 e. The van der Waals surface area contributed by atoms with Crippen LogP contribution in [0.5, 0.6) is 5.75 Å². The minimum absolute atomic E-state index is 0.133. The van der Waals surface area contributed by atoms with E-state index >= 15 is 0 Å². The minimum atomic E-state index is -3.89. The summed E-state index contributed by atoms with van der Waals surface area (Å²) in [4.78, 5) is 2.11. The Labute approximate surface area is 161 Å². The Morgan fingerprint density at radius 2 is 1.77 bits per heavy atom. The molecule has 2 rings (SSSR count). The van der Waals surface area contributed by atoms with Crippen molar-refractivity contribution in [1.82, 2.24) is 4.90 Å². The molecule has 0 amide bonds. The van der Waals surface area contributed by atoms with Crippen LogP contribution in [0.25, 0.3) is 0 Å². The summed E-state index contributed by atoms with van der Waals surface area (Å²) in [6, 6.07) is 13.3. The van der Waals surface area contributed by atoms with E-state index in [0.717, 1.165) is 24.0 Å². The summed E-state index contributed by atoms with van der Waals surface area (Å²) in [6.45, 7) is 3.24. The van der Waals surface area contributed by atoms with Gasteiger partial charge in [0.2, 0.25) is 0 Å². The first-order chi connectivity index (χ1) is 12.3. The van der Waals surface area contributed by atoms with Gasteiger partial charge in [-0.1, -0.05) is 43.7 Å². The third-order valence-corrected chi connectivity index (χ3v) is 5.36. The number of nitrogens with zero attached hydrogens (tertiary/aromatic N) is 1. The van der Waals surface area contributed by atoms with E-state index < -0.39 is 9.05 Å². The summed E-state index contributed by atoms with van der Waals surface area (Å²) in [5.74, 6) is 0.598. The van der Waals surface area contributed by atoms with Crippen LogP contribution in [-0.4, -0.2) is 34.0 Å². The van der Waals surface area contributed by atoms with E-state index in [-0.39, 0.29) is 4.90 Å². The average Bonchev–Trinajstić information content (AvgIpc) is 2.56. The average molecular weight is 396 g/mol. The first-order valence-electron chi connectivity index (χ1n) is 8.73. The highest BCUT2D eigenvalue weighted by Crippen LogP contribution is 2.33. The summed E-state index contributed by atoms with van der Waals surface area (Å²) >= 11 is 0. The number of hydrogen-bond acceptors (Lipinski definition) is 4. The Hall–Kier alpha value is -1.56. The van der Waals surface area contributed by atoms with Crippen molar-refractivity contribution >= 4 is 19.7 Å². The van der Waals surface area contributed by atoms with Gasteiger partial charge in [0.1, 0.15) is 5.75 Å². The number of halogens is 1. The van der Waals surface area contributed by atoms with Gasteiger partial charge in [-0.05, 0) is 43.8 Å². The molecule has 0 saturated carbocycles. The molecule has 0 bridgehead atoms. The molecule has 0 saturated heterocycles. The Balaban J connectivity index is 2.54. The molecule has 26 heavy (non-hydrogen) atoms. The van der Waals surface area contributed by atoms with Crippen LogP contribution in [0, 0.1) is 0 Å². The van der Waals surface area contributed by atoms with E-state index in [4.69, 9.17) is 15.4 Å². The monoisotopic (exact) mass is 395 g/mol. The molecule has 0 spiro atoms. The smallest absolute Gasteiger partial charge is 0.261 e. The summed E-state index contributed by atoms with van der Waals surface area (Å²) in [7, 11) is 5.75.